The molecule has 1 aromatic carbocycles. The van der Waals surface area contributed by atoms with Crippen molar-refractivity contribution in [2.75, 3.05) is 13.1 Å². The SMILES string of the molecule is CCN(CC)Cc1cc2c(cc1O)CCC1C2CCC2(C)C(=O)CCC12. The number of phenols is 1. The third-order valence-electron chi connectivity index (χ3n) is 7.92. The van der Waals surface area contributed by atoms with Gasteiger partial charge in [0.25, 0.3) is 0 Å². The van der Waals surface area contributed by atoms with E-state index in [2.05, 4.69) is 31.7 Å². The summed E-state index contributed by atoms with van der Waals surface area (Å²) in [6.45, 7) is 9.41. The van der Waals surface area contributed by atoms with E-state index in [1.807, 2.05) is 6.07 Å². The standard InChI is InChI=1S/C23H33NO2/c1-4-24(5-2)14-16-12-19-15(13-21(16)25)6-7-18-17(19)10-11-23(3)20(18)8-9-22(23)26/h12-13,17-18,20,25H,4-11,14H2,1-3H3. The summed E-state index contributed by atoms with van der Waals surface area (Å²) >= 11 is 0. The molecule has 0 radical (unpaired) electrons. The van der Waals surface area contributed by atoms with Gasteiger partial charge < -0.3 is 5.11 Å². The lowest BCUT2D eigenvalue weighted by molar-refractivity contribution is -0.129. The summed E-state index contributed by atoms with van der Waals surface area (Å²) in [5.41, 5.74) is 3.84. The molecule has 0 saturated heterocycles. The molecule has 1 N–H and O–H groups in total. The Morgan fingerprint density at radius 3 is 2.65 bits per heavy atom. The molecule has 3 aliphatic carbocycles. The van der Waals surface area contributed by atoms with Crippen LogP contribution in [-0.2, 0) is 17.8 Å². The van der Waals surface area contributed by atoms with E-state index in [1.165, 1.54) is 17.5 Å². The number of carbonyl (C=O) groups is 1. The zero-order chi connectivity index (χ0) is 18.5. The zero-order valence-electron chi connectivity index (χ0n) is 16.6. The Morgan fingerprint density at radius 2 is 1.92 bits per heavy atom. The highest BCUT2D eigenvalue weighted by molar-refractivity contribution is 5.87. The van der Waals surface area contributed by atoms with Crippen LogP contribution in [-0.4, -0.2) is 28.9 Å². The molecule has 3 heteroatoms. The largest absolute Gasteiger partial charge is 0.508 e. The maximum atomic E-state index is 12.5. The normalized spacial score (nSPS) is 33.1. The van der Waals surface area contributed by atoms with Gasteiger partial charge in [-0.2, -0.15) is 0 Å². The number of carbonyl (C=O) groups excluding carboxylic acids is 1. The van der Waals surface area contributed by atoms with Gasteiger partial charge in [-0.1, -0.05) is 26.8 Å². The second-order valence-corrected chi connectivity index (χ2v) is 8.97. The Morgan fingerprint density at radius 1 is 1.15 bits per heavy atom. The summed E-state index contributed by atoms with van der Waals surface area (Å²) in [5, 5.41) is 10.6. The first-order valence-electron chi connectivity index (χ1n) is 10.6. The monoisotopic (exact) mass is 355 g/mol. The molecule has 2 fully saturated rings. The van der Waals surface area contributed by atoms with E-state index in [9.17, 15) is 9.90 Å². The molecule has 1 aromatic rings. The van der Waals surface area contributed by atoms with Crippen LogP contribution in [0.15, 0.2) is 12.1 Å². The van der Waals surface area contributed by atoms with Crippen LogP contribution in [0.3, 0.4) is 0 Å². The average molecular weight is 356 g/mol. The first-order chi connectivity index (χ1) is 12.5. The molecule has 0 aromatic heterocycles. The van der Waals surface area contributed by atoms with Crippen molar-refractivity contribution < 1.29 is 9.90 Å². The molecule has 0 aliphatic heterocycles. The van der Waals surface area contributed by atoms with Crippen molar-refractivity contribution in [3.8, 4) is 5.75 Å². The molecule has 0 spiro atoms. The second-order valence-electron chi connectivity index (χ2n) is 8.97. The fraction of sp³-hybridized carbons (Fsp3) is 0.696. The van der Waals surface area contributed by atoms with E-state index >= 15 is 0 Å². The average Bonchev–Trinajstić information content (AvgIpc) is 2.95. The number of hydrogen-bond acceptors (Lipinski definition) is 3. The maximum Gasteiger partial charge on any atom is 0.139 e. The number of ketones is 1. The fourth-order valence-electron chi connectivity index (χ4n) is 6.24. The molecule has 142 valence electrons. The Hall–Kier alpha value is -1.35. The van der Waals surface area contributed by atoms with Gasteiger partial charge in [0, 0.05) is 23.9 Å². The van der Waals surface area contributed by atoms with Crippen molar-refractivity contribution in [2.45, 2.75) is 71.8 Å². The highest BCUT2D eigenvalue weighted by Gasteiger charge is 2.54. The van der Waals surface area contributed by atoms with Crippen LogP contribution in [0.4, 0.5) is 0 Å². The van der Waals surface area contributed by atoms with Crippen molar-refractivity contribution in [3.63, 3.8) is 0 Å². The van der Waals surface area contributed by atoms with Gasteiger partial charge in [0.2, 0.25) is 0 Å². The highest BCUT2D eigenvalue weighted by Crippen LogP contribution is 2.59. The van der Waals surface area contributed by atoms with E-state index < -0.39 is 0 Å². The van der Waals surface area contributed by atoms with Crippen molar-refractivity contribution in [3.05, 3.63) is 28.8 Å². The fourth-order valence-corrected chi connectivity index (χ4v) is 6.24. The third-order valence-corrected chi connectivity index (χ3v) is 7.92. The third kappa shape index (κ3) is 2.70. The number of Topliss-reactive ketones (excluding diaryl/α,β-unsaturated/α-hetero) is 1. The summed E-state index contributed by atoms with van der Waals surface area (Å²) in [6, 6.07) is 4.34. The Kier molecular flexibility index (Phi) is 4.63. The lowest BCUT2D eigenvalue weighted by Crippen LogP contribution is -2.42. The molecule has 26 heavy (non-hydrogen) atoms. The van der Waals surface area contributed by atoms with Crippen LogP contribution in [0.2, 0.25) is 0 Å². The van der Waals surface area contributed by atoms with E-state index in [1.54, 1.807) is 0 Å². The summed E-state index contributed by atoms with van der Waals surface area (Å²) in [7, 11) is 0. The van der Waals surface area contributed by atoms with Crippen molar-refractivity contribution in [2.24, 2.45) is 17.3 Å². The quantitative estimate of drug-likeness (QED) is 0.854. The minimum atomic E-state index is -0.0559. The molecule has 4 rings (SSSR count). The Labute approximate surface area is 157 Å². The molecule has 2 saturated carbocycles. The number of benzene rings is 1. The molecule has 4 unspecified atom stereocenters. The molecule has 3 aliphatic rings. The van der Waals surface area contributed by atoms with Crippen molar-refractivity contribution in [1.29, 1.82) is 0 Å². The predicted molar refractivity (Wildman–Crippen MR) is 104 cm³/mol. The lowest BCUT2D eigenvalue weighted by Gasteiger charge is -2.48. The minimum Gasteiger partial charge on any atom is -0.508 e. The molecule has 0 amide bonds. The van der Waals surface area contributed by atoms with Gasteiger partial charge in [-0.15, -0.1) is 0 Å². The van der Waals surface area contributed by atoms with Crippen LogP contribution in [0, 0.1) is 17.3 Å². The van der Waals surface area contributed by atoms with Gasteiger partial charge in [-0.25, -0.2) is 0 Å². The molecular weight excluding hydrogens is 322 g/mol. The Bertz CT molecular complexity index is 708. The van der Waals surface area contributed by atoms with Gasteiger partial charge in [0.05, 0.1) is 0 Å². The topological polar surface area (TPSA) is 40.5 Å². The summed E-state index contributed by atoms with van der Waals surface area (Å²) in [5.74, 6) is 2.78. The van der Waals surface area contributed by atoms with Crippen LogP contribution in [0.25, 0.3) is 0 Å². The number of aryl methyl sites for hydroxylation is 1. The van der Waals surface area contributed by atoms with Crippen LogP contribution in [0.1, 0.15) is 75.5 Å². The zero-order valence-corrected chi connectivity index (χ0v) is 16.6. The van der Waals surface area contributed by atoms with Crippen LogP contribution >= 0.6 is 0 Å². The van der Waals surface area contributed by atoms with Gasteiger partial charge >= 0.3 is 0 Å². The van der Waals surface area contributed by atoms with E-state index in [-0.39, 0.29) is 5.41 Å². The first kappa shape index (κ1) is 18.0. The van der Waals surface area contributed by atoms with Gasteiger partial charge in [0.1, 0.15) is 11.5 Å². The van der Waals surface area contributed by atoms with E-state index in [0.717, 1.165) is 57.3 Å². The van der Waals surface area contributed by atoms with Crippen LogP contribution < -0.4 is 0 Å². The first-order valence-corrected chi connectivity index (χ1v) is 10.6. The Balaban J connectivity index is 1.66. The minimum absolute atomic E-state index is 0.0559. The molecule has 0 bridgehead atoms. The number of rotatable bonds is 4. The number of aromatic hydroxyl groups is 1. The molecule has 3 nitrogen and oxygen atoms in total. The van der Waals surface area contributed by atoms with Crippen molar-refractivity contribution >= 4 is 5.78 Å². The van der Waals surface area contributed by atoms with Crippen molar-refractivity contribution in [1.82, 2.24) is 4.90 Å². The summed E-state index contributed by atoms with van der Waals surface area (Å²) < 4.78 is 0. The van der Waals surface area contributed by atoms with Gasteiger partial charge in [-0.3, -0.25) is 9.69 Å². The lowest BCUT2D eigenvalue weighted by atomic mass is 9.55. The van der Waals surface area contributed by atoms with E-state index in [4.69, 9.17) is 0 Å². The number of fused-ring (bicyclic) bond motifs is 5. The molecule has 4 atom stereocenters. The maximum absolute atomic E-state index is 12.5. The summed E-state index contributed by atoms with van der Waals surface area (Å²) in [4.78, 5) is 14.9. The second kappa shape index (κ2) is 6.67. The summed E-state index contributed by atoms with van der Waals surface area (Å²) in [6.07, 6.45) is 6.29. The molecule has 0 heterocycles. The van der Waals surface area contributed by atoms with Gasteiger partial charge in [-0.05, 0) is 80.1 Å². The number of phenolic OH excluding ortho intramolecular Hbond substituents is 1. The predicted octanol–water partition coefficient (Wildman–Crippen LogP) is 4.66. The van der Waals surface area contributed by atoms with E-state index in [0.29, 0.717) is 29.3 Å². The van der Waals surface area contributed by atoms with Gasteiger partial charge in [0.15, 0.2) is 0 Å². The molecular formula is C23H33NO2. The smallest absolute Gasteiger partial charge is 0.139 e. The highest BCUT2D eigenvalue weighted by atomic mass is 16.3. The number of nitrogens with zero attached hydrogens (tertiary/aromatic N) is 1. The van der Waals surface area contributed by atoms with Crippen LogP contribution in [0.5, 0.6) is 5.75 Å². The number of hydrogen-bond donors (Lipinski definition) is 1.